The Hall–Kier alpha value is -1.25. The number of rotatable bonds is 3. The lowest BCUT2D eigenvalue weighted by molar-refractivity contribution is 0.472. The summed E-state index contributed by atoms with van der Waals surface area (Å²) in [7, 11) is 0. The van der Waals surface area contributed by atoms with Gasteiger partial charge in [0.1, 0.15) is 17.3 Å². The van der Waals surface area contributed by atoms with Crippen molar-refractivity contribution >= 4 is 23.2 Å². The first-order chi connectivity index (χ1) is 8.61. The van der Waals surface area contributed by atoms with Crippen molar-refractivity contribution in [3.8, 4) is 11.5 Å². The zero-order valence-corrected chi connectivity index (χ0v) is 11.2. The summed E-state index contributed by atoms with van der Waals surface area (Å²) in [6, 6.07) is 10.00. The van der Waals surface area contributed by atoms with Crippen molar-refractivity contribution in [2.75, 3.05) is 0 Å². The van der Waals surface area contributed by atoms with Gasteiger partial charge in [0.15, 0.2) is 0 Å². The summed E-state index contributed by atoms with van der Waals surface area (Å²) in [6.45, 7) is 1.69. The van der Waals surface area contributed by atoms with Crippen molar-refractivity contribution in [1.82, 2.24) is 0 Å². The SMILES string of the molecule is Cc1ccc(Oc2c(Cl)cccc2CCl)cc1F. The van der Waals surface area contributed by atoms with Crippen LogP contribution < -0.4 is 4.74 Å². The molecule has 0 saturated heterocycles. The lowest BCUT2D eigenvalue weighted by Gasteiger charge is -2.11. The van der Waals surface area contributed by atoms with E-state index in [0.29, 0.717) is 22.1 Å². The van der Waals surface area contributed by atoms with E-state index >= 15 is 0 Å². The summed E-state index contributed by atoms with van der Waals surface area (Å²) in [6.07, 6.45) is 0. The smallest absolute Gasteiger partial charge is 0.150 e. The molecule has 0 spiro atoms. The third kappa shape index (κ3) is 2.77. The minimum atomic E-state index is -0.313. The summed E-state index contributed by atoms with van der Waals surface area (Å²) < 4.78 is 19.0. The summed E-state index contributed by atoms with van der Waals surface area (Å²) in [5, 5.41) is 0.453. The zero-order chi connectivity index (χ0) is 13.1. The molecule has 0 aliphatic rings. The van der Waals surface area contributed by atoms with E-state index in [9.17, 15) is 4.39 Å². The van der Waals surface area contributed by atoms with Crippen molar-refractivity contribution in [2.45, 2.75) is 12.8 Å². The molecule has 0 heterocycles. The third-order valence-electron chi connectivity index (χ3n) is 2.56. The maximum atomic E-state index is 13.4. The van der Waals surface area contributed by atoms with E-state index in [4.69, 9.17) is 27.9 Å². The second-order valence-electron chi connectivity index (χ2n) is 3.87. The van der Waals surface area contributed by atoms with Gasteiger partial charge in [-0.25, -0.2) is 4.39 Å². The standard InChI is InChI=1S/C14H11Cl2FO/c1-9-5-6-11(7-13(9)17)18-14-10(8-15)3-2-4-12(14)16/h2-7H,8H2,1H3. The number of ether oxygens (including phenoxy) is 1. The average molecular weight is 285 g/mol. The zero-order valence-electron chi connectivity index (χ0n) is 9.71. The van der Waals surface area contributed by atoms with Crippen LogP contribution in [0.5, 0.6) is 11.5 Å². The Morgan fingerprint density at radius 2 is 2.00 bits per heavy atom. The molecule has 0 aliphatic heterocycles. The Labute approximate surface area is 115 Å². The second-order valence-corrected chi connectivity index (χ2v) is 4.55. The van der Waals surface area contributed by atoms with Crippen LogP contribution in [0.2, 0.25) is 5.02 Å². The van der Waals surface area contributed by atoms with Crippen molar-refractivity contribution in [1.29, 1.82) is 0 Å². The minimum absolute atomic E-state index is 0.282. The van der Waals surface area contributed by atoms with E-state index in [1.807, 2.05) is 6.07 Å². The average Bonchev–Trinajstić information content (AvgIpc) is 2.36. The van der Waals surface area contributed by atoms with Gasteiger partial charge < -0.3 is 4.74 Å². The fourth-order valence-corrected chi connectivity index (χ4v) is 1.97. The Kier molecular flexibility index (Phi) is 4.10. The summed E-state index contributed by atoms with van der Waals surface area (Å²) >= 11 is 11.9. The Balaban J connectivity index is 2.36. The number of hydrogen-bond donors (Lipinski definition) is 0. The number of para-hydroxylation sites is 1. The van der Waals surface area contributed by atoms with Gasteiger partial charge in [0.05, 0.1) is 10.9 Å². The van der Waals surface area contributed by atoms with Crippen LogP contribution >= 0.6 is 23.2 Å². The molecule has 18 heavy (non-hydrogen) atoms. The minimum Gasteiger partial charge on any atom is -0.455 e. The van der Waals surface area contributed by atoms with E-state index < -0.39 is 0 Å². The van der Waals surface area contributed by atoms with Crippen LogP contribution in [0.15, 0.2) is 36.4 Å². The molecule has 0 bridgehead atoms. The number of hydrogen-bond acceptors (Lipinski definition) is 1. The van der Waals surface area contributed by atoms with Crippen LogP contribution in [-0.2, 0) is 5.88 Å². The van der Waals surface area contributed by atoms with Crippen molar-refractivity contribution in [3.63, 3.8) is 0 Å². The predicted octanol–water partition coefficient (Wildman–Crippen LogP) is 5.32. The van der Waals surface area contributed by atoms with Gasteiger partial charge in [-0.15, -0.1) is 11.6 Å². The van der Waals surface area contributed by atoms with Crippen molar-refractivity contribution in [2.24, 2.45) is 0 Å². The van der Waals surface area contributed by atoms with Gasteiger partial charge in [0, 0.05) is 11.6 Å². The van der Waals surface area contributed by atoms with Gasteiger partial charge in [-0.3, -0.25) is 0 Å². The first kappa shape index (κ1) is 13.2. The van der Waals surface area contributed by atoms with E-state index in [0.717, 1.165) is 5.56 Å². The molecular formula is C14H11Cl2FO. The third-order valence-corrected chi connectivity index (χ3v) is 3.14. The normalized spacial score (nSPS) is 10.4. The Morgan fingerprint density at radius 1 is 1.22 bits per heavy atom. The number of aryl methyl sites for hydroxylation is 1. The molecule has 0 unspecified atom stereocenters. The maximum Gasteiger partial charge on any atom is 0.150 e. The second kappa shape index (κ2) is 5.59. The van der Waals surface area contributed by atoms with Gasteiger partial charge >= 0.3 is 0 Å². The topological polar surface area (TPSA) is 9.23 Å². The van der Waals surface area contributed by atoms with Gasteiger partial charge in [-0.1, -0.05) is 29.8 Å². The van der Waals surface area contributed by atoms with Crippen molar-refractivity contribution in [3.05, 3.63) is 58.4 Å². The summed E-state index contributed by atoms with van der Waals surface area (Å²) in [4.78, 5) is 0. The largest absolute Gasteiger partial charge is 0.455 e. The Bertz CT molecular complexity index is 570. The highest BCUT2D eigenvalue weighted by Gasteiger charge is 2.09. The molecule has 0 saturated carbocycles. The van der Waals surface area contributed by atoms with Crippen molar-refractivity contribution < 1.29 is 9.13 Å². The molecule has 2 rings (SSSR count). The summed E-state index contributed by atoms with van der Waals surface area (Å²) in [5.74, 6) is 0.839. The highest BCUT2D eigenvalue weighted by atomic mass is 35.5. The molecular weight excluding hydrogens is 274 g/mol. The van der Waals surface area contributed by atoms with Crippen LogP contribution in [0.1, 0.15) is 11.1 Å². The first-order valence-electron chi connectivity index (χ1n) is 5.39. The van der Waals surface area contributed by atoms with E-state index in [2.05, 4.69) is 0 Å². The van der Waals surface area contributed by atoms with Crippen LogP contribution in [-0.4, -0.2) is 0 Å². The highest BCUT2D eigenvalue weighted by Crippen LogP contribution is 2.34. The fraction of sp³-hybridized carbons (Fsp3) is 0.143. The van der Waals surface area contributed by atoms with Crippen LogP contribution in [0.4, 0.5) is 4.39 Å². The molecule has 0 amide bonds. The molecule has 0 atom stereocenters. The highest BCUT2D eigenvalue weighted by molar-refractivity contribution is 6.32. The first-order valence-corrected chi connectivity index (χ1v) is 6.30. The lowest BCUT2D eigenvalue weighted by atomic mass is 10.2. The molecule has 0 fully saturated rings. The number of halogens is 3. The van der Waals surface area contributed by atoms with Crippen LogP contribution in [0.25, 0.3) is 0 Å². The molecule has 1 nitrogen and oxygen atoms in total. The van der Waals surface area contributed by atoms with E-state index in [1.54, 1.807) is 31.2 Å². The van der Waals surface area contributed by atoms with E-state index in [1.165, 1.54) is 6.07 Å². The quantitative estimate of drug-likeness (QED) is 0.693. The fourth-order valence-electron chi connectivity index (χ4n) is 1.53. The molecule has 0 radical (unpaired) electrons. The van der Waals surface area contributed by atoms with Gasteiger partial charge in [0.25, 0.3) is 0 Å². The molecule has 4 heteroatoms. The van der Waals surface area contributed by atoms with Gasteiger partial charge in [-0.2, -0.15) is 0 Å². The van der Waals surface area contributed by atoms with Gasteiger partial charge in [0.2, 0.25) is 0 Å². The van der Waals surface area contributed by atoms with Crippen LogP contribution in [0.3, 0.4) is 0 Å². The molecule has 2 aromatic rings. The molecule has 94 valence electrons. The maximum absolute atomic E-state index is 13.4. The Morgan fingerprint density at radius 3 is 2.67 bits per heavy atom. The summed E-state index contributed by atoms with van der Waals surface area (Å²) in [5.41, 5.74) is 1.34. The molecule has 0 aliphatic carbocycles. The number of benzene rings is 2. The monoisotopic (exact) mass is 284 g/mol. The van der Waals surface area contributed by atoms with Crippen LogP contribution in [0, 0.1) is 12.7 Å². The molecule has 0 N–H and O–H groups in total. The lowest BCUT2D eigenvalue weighted by Crippen LogP contribution is -1.92. The van der Waals surface area contributed by atoms with E-state index in [-0.39, 0.29) is 11.7 Å². The predicted molar refractivity (Wildman–Crippen MR) is 72.2 cm³/mol. The molecule has 0 aromatic heterocycles. The van der Waals surface area contributed by atoms with Gasteiger partial charge in [-0.05, 0) is 24.6 Å². The number of alkyl halides is 1. The molecule has 2 aromatic carbocycles.